The van der Waals surface area contributed by atoms with Gasteiger partial charge in [0, 0.05) is 0 Å². The Morgan fingerprint density at radius 2 is 1.07 bits per heavy atom. The Kier molecular flexibility index (Phi) is 10.3. The fourth-order valence-corrected chi connectivity index (χ4v) is 6.98. The largest absolute Gasteiger partial charge is 0.463 e. The van der Waals surface area contributed by atoms with Gasteiger partial charge in [-0.05, 0) is 80.1 Å². The standard InChI is InChI=1S/C15H18BrNO4.C11H13NO3.C4H6Br2O/c1-15(2,16)14(20)21-6-5-17-12(18)10-8-3-4-9(7-8)11(10)13(17)19;13-4-3-12-10(14)8-6-1-2-7(5-6)9(8)11(12)15;1-4(2,6)3(5)7/h3-4,8-11H,5-7H2,1-2H3;1-2,6-9,13H,3-5H2;1-2H3/t8?,9?,10-,11+;6?,7?,8-,9+;. The molecule has 2 saturated heterocycles. The second-order valence-corrected chi connectivity index (χ2v) is 17.4. The highest BCUT2D eigenvalue weighted by Gasteiger charge is 2.60. The van der Waals surface area contributed by atoms with E-state index in [1.165, 1.54) is 9.80 Å². The van der Waals surface area contributed by atoms with Crippen LogP contribution >= 0.6 is 47.8 Å². The number of aliphatic hydroxyl groups is 1. The summed E-state index contributed by atoms with van der Waals surface area (Å²) in [6.45, 7) is 7.16. The number of alkyl halides is 2. The summed E-state index contributed by atoms with van der Waals surface area (Å²) in [4.78, 5) is 73.1. The molecule has 2 aliphatic heterocycles. The number of hydrogen-bond donors (Lipinski definition) is 1. The number of likely N-dealkylation sites (tertiary alicyclic amines) is 2. The van der Waals surface area contributed by atoms with Crippen LogP contribution in [0.3, 0.4) is 0 Å². The van der Waals surface area contributed by atoms with Gasteiger partial charge < -0.3 is 9.84 Å². The third-order valence-electron chi connectivity index (χ3n) is 8.95. The van der Waals surface area contributed by atoms with E-state index in [0.717, 1.165) is 12.8 Å². The van der Waals surface area contributed by atoms with Crippen LogP contribution in [0.2, 0.25) is 0 Å². The first-order chi connectivity index (χ1) is 20.0. The molecule has 4 fully saturated rings. The third kappa shape index (κ3) is 6.79. The number of allylic oxidation sites excluding steroid dienone is 4. The average molecular weight is 793 g/mol. The van der Waals surface area contributed by atoms with E-state index in [1.807, 2.05) is 0 Å². The van der Waals surface area contributed by atoms with Gasteiger partial charge in [-0.15, -0.1) is 0 Å². The number of β-amino-alcohol motifs (C(OH)–C–C–N with tert-alkyl or cyclic N) is 1. The van der Waals surface area contributed by atoms with Crippen LogP contribution in [0.1, 0.15) is 40.5 Å². The SMILES string of the molecule is CC(C)(Br)C(=O)Br.CC(C)(Br)C(=O)OCCN1C(=O)[C@@H]2C3C=CC(C3)[C@@H]2C1=O.O=C1[C@@H]2C3C=CC(C3)[C@@H]2C(=O)N1CCO. The van der Waals surface area contributed by atoms with Gasteiger partial charge in [0.25, 0.3) is 0 Å². The van der Waals surface area contributed by atoms with Crippen LogP contribution in [0, 0.1) is 47.3 Å². The maximum absolute atomic E-state index is 12.4. The highest BCUT2D eigenvalue weighted by Crippen LogP contribution is 2.53. The van der Waals surface area contributed by atoms with E-state index >= 15 is 0 Å². The van der Waals surface area contributed by atoms with Crippen molar-refractivity contribution in [1.29, 1.82) is 0 Å². The number of imide groups is 2. The molecule has 13 heteroatoms. The highest BCUT2D eigenvalue weighted by molar-refractivity contribution is 9.20. The predicted octanol–water partition coefficient (Wildman–Crippen LogP) is 3.38. The van der Waals surface area contributed by atoms with Crippen molar-refractivity contribution in [3.05, 3.63) is 24.3 Å². The molecule has 10 nitrogen and oxygen atoms in total. The zero-order valence-corrected chi connectivity index (χ0v) is 29.3. The molecule has 236 valence electrons. The molecule has 6 rings (SSSR count). The number of carbonyl (C=O) groups is 6. The second-order valence-electron chi connectivity index (χ2n) is 12.7. The fraction of sp³-hybridized carbons (Fsp3) is 0.667. The molecule has 0 aromatic rings. The van der Waals surface area contributed by atoms with Crippen LogP contribution in [0.4, 0.5) is 0 Å². The van der Waals surface area contributed by atoms with Gasteiger partial charge in [-0.1, -0.05) is 56.2 Å². The number of ether oxygens (including phenoxy) is 1. The lowest BCUT2D eigenvalue weighted by Crippen LogP contribution is -2.37. The van der Waals surface area contributed by atoms with Crippen LogP contribution in [0.15, 0.2) is 24.3 Å². The average Bonchev–Trinajstić information content (AvgIpc) is 3.76. The van der Waals surface area contributed by atoms with Crippen molar-refractivity contribution in [2.75, 3.05) is 26.3 Å². The summed E-state index contributed by atoms with van der Waals surface area (Å²) >= 11 is 9.17. The molecular weight excluding hydrogens is 756 g/mol. The van der Waals surface area contributed by atoms with Crippen molar-refractivity contribution in [2.24, 2.45) is 47.3 Å². The minimum Gasteiger partial charge on any atom is -0.463 e. The summed E-state index contributed by atoms with van der Waals surface area (Å²) < 4.78 is 3.91. The Hall–Kier alpha value is -1.70. The molecule has 6 aliphatic rings. The van der Waals surface area contributed by atoms with E-state index in [2.05, 4.69) is 72.1 Å². The van der Waals surface area contributed by atoms with Crippen molar-refractivity contribution in [2.45, 2.75) is 49.2 Å². The second kappa shape index (κ2) is 13.0. The zero-order valence-electron chi connectivity index (χ0n) is 24.5. The normalized spacial score (nSPS) is 32.9. The first-order valence-corrected chi connectivity index (χ1v) is 16.8. The van der Waals surface area contributed by atoms with Crippen LogP contribution in [0.5, 0.6) is 0 Å². The maximum Gasteiger partial charge on any atom is 0.322 e. The summed E-state index contributed by atoms with van der Waals surface area (Å²) in [7, 11) is 0. The number of fused-ring (bicyclic) bond motifs is 10. The lowest BCUT2D eigenvalue weighted by Gasteiger charge is -2.19. The van der Waals surface area contributed by atoms with E-state index < -0.39 is 14.6 Å². The molecular formula is C30H37Br3N2O8. The van der Waals surface area contributed by atoms with E-state index in [4.69, 9.17) is 9.84 Å². The topological polar surface area (TPSA) is 138 Å². The Balaban J connectivity index is 0.000000167. The fourth-order valence-electron chi connectivity index (χ4n) is 6.87. The molecule has 2 heterocycles. The third-order valence-corrected chi connectivity index (χ3v) is 11.2. The van der Waals surface area contributed by atoms with Crippen molar-refractivity contribution in [3.8, 4) is 0 Å². The first-order valence-electron chi connectivity index (χ1n) is 14.4. The Morgan fingerprint density at radius 1 is 0.744 bits per heavy atom. The molecule has 43 heavy (non-hydrogen) atoms. The molecule has 0 aromatic heterocycles. The minimum atomic E-state index is -0.758. The van der Waals surface area contributed by atoms with Gasteiger partial charge >= 0.3 is 5.97 Å². The molecule has 4 aliphatic carbocycles. The summed E-state index contributed by atoms with van der Waals surface area (Å²) in [5, 5.41) is 8.81. The summed E-state index contributed by atoms with van der Waals surface area (Å²) in [5.74, 6) is -0.414. The molecule has 8 atom stereocenters. The van der Waals surface area contributed by atoms with Crippen molar-refractivity contribution in [3.63, 3.8) is 0 Å². The van der Waals surface area contributed by atoms with Crippen LogP contribution < -0.4 is 0 Å². The van der Waals surface area contributed by atoms with Gasteiger partial charge in [-0.25, -0.2) is 0 Å². The van der Waals surface area contributed by atoms with Gasteiger partial charge in [0.1, 0.15) is 10.9 Å². The van der Waals surface area contributed by atoms with Gasteiger partial charge in [0.15, 0.2) is 0 Å². The predicted molar refractivity (Wildman–Crippen MR) is 167 cm³/mol. The Bertz CT molecular complexity index is 1190. The highest BCUT2D eigenvalue weighted by atomic mass is 79.9. The summed E-state index contributed by atoms with van der Waals surface area (Å²) in [6, 6.07) is 0. The van der Waals surface area contributed by atoms with E-state index in [0.29, 0.717) is 0 Å². The quantitative estimate of drug-likeness (QED) is 0.136. The van der Waals surface area contributed by atoms with E-state index in [9.17, 15) is 28.8 Å². The number of esters is 1. The molecule has 2 saturated carbocycles. The van der Waals surface area contributed by atoms with Gasteiger partial charge in [-0.2, -0.15) is 0 Å². The number of carbonyl (C=O) groups excluding carboxylic acids is 6. The van der Waals surface area contributed by atoms with Crippen molar-refractivity contribution in [1.82, 2.24) is 9.80 Å². The van der Waals surface area contributed by atoms with Gasteiger partial charge in [-0.3, -0.25) is 38.6 Å². The number of hydrogen-bond acceptors (Lipinski definition) is 8. The monoisotopic (exact) mass is 790 g/mol. The number of halogens is 3. The van der Waals surface area contributed by atoms with E-state index in [1.54, 1.807) is 27.7 Å². The first kappa shape index (κ1) is 34.2. The Labute approximate surface area is 276 Å². The minimum absolute atomic E-state index is 0.0278. The zero-order chi connectivity index (χ0) is 32.0. The van der Waals surface area contributed by atoms with Gasteiger partial charge in [0.05, 0.1) is 47.7 Å². The van der Waals surface area contributed by atoms with Gasteiger partial charge in [0.2, 0.25) is 28.3 Å². The summed E-state index contributed by atoms with van der Waals surface area (Å²) in [6.07, 6.45) is 10.1. The molecule has 4 unspecified atom stereocenters. The lowest BCUT2D eigenvalue weighted by atomic mass is 9.85. The molecule has 4 bridgehead atoms. The lowest BCUT2D eigenvalue weighted by molar-refractivity contribution is -0.150. The number of amides is 4. The maximum atomic E-state index is 12.4. The number of nitrogens with zero attached hydrogens (tertiary/aromatic N) is 2. The molecule has 0 aromatic carbocycles. The number of rotatable bonds is 7. The molecule has 0 spiro atoms. The molecule has 0 radical (unpaired) electrons. The van der Waals surface area contributed by atoms with Crippen LogP contribution in [-0.4, -0.2) is 84.1 Å². The van der Waals surface area contributed by atoms with Crippen LogP contribution in [0.25, 0.3) is 0 Å². The smallest absolute Gasteiger partial charge is 0.322 e. The molecule has 1 N–H and O–H groups in total. The van der Waals surface area contributed by atoms with Crippen LogP contribution in [-0.2, 0) is 33.5 Å². The molecule has 4 amide bonds. The van der Waals surface area contributed by atoms with Crippen molar-refractivity contribution >= 4 is 82.1 Å². The number of aliphatic hydroxyl groups excluding tert-OH is 1. The van der Waals surface area contributed by atoms with E-state index in [-0.39, 0.29) is 102 Å². The van der Waals surface area contributed by atoms with Crippen molar-refractivity contribution < 1.29 is 38.6 Å². The summed E-state index contributed by atoms with van der Waals surface area (Å²) in [5.41, 5.74) is 0. The Morgan fingerprint density at radius 3 is 1.35 bits per heavy atom.